The number of aryl methyl sites for hydroxylation is 2. The first kappa shape index (κ1) is 13.8. The minimum atomic E-state index is -0.709. The SMILES string of the molecule is CCc1nn(C)c(CC2(O)CCCOCC2)c1Cl. The summed E-state index contributed by atoms with van der Waals surface area (Å²) >= 11 is 6.33. The van der Waals surface area contributed by atoms with E-state index in [1.165, 1.54) is 0 Å². The van der Waals surface area contributed by atoms with Crippen LogP contribution in [0.4, 0.5) is 0 Å². The summed E-state index contributed by atoms with van der Waals surface area (Å²) in [5.74, 6) is 0. The van der Waals surface area contributed by atoms with E-state index in [1.54, 1.807) is 4.68 Å². The van der Waals surface area contributed by atoms with Gasteiger partial charge in [-0.15, -0.1) is 0 Å². The van der Waals surface area contributed by atoms with E-state index in [9.17, 15) is 5.11 Å². The number of halogens is 1. The highest BCUT2D eigenvalue weighted by Crippen LogP contribution is 2.30. The molecule has 0 aliphatic carbocycles. The zero-order valence-electron chi connectivity index (χ0n) is 11.1. The largest absolute Gasteiger partial charge is 0.389 e. The molecule has 1 saturated heterocycles. The summed E-state index contributed by atoms with van der Waals surface area (Å²) in [6.07, 6.45) is 3.69. The minimum absolute atomic E-state index is 0.554. The lowest BCUT2D eigenvalue weighted by molar-refractivity contribution is 0.0173. The van der Waals surface area contributed by atoms with E-state index >= 15 is 0 Å². The number of rotatable bonds is 3. The van der Waals surface area contributed by atoms with Crippen LogP contribution < -0.4 is 0 Å². The molecular weight excluding hydrogens is 252 g/mol. The summed E-state index contributed by atoms with van der Waals surface area (Å²) < 4.78 is 7.20. The van der Waals surface area contributed by atoms with Crippen molar-refractivity contribution in [1.82, 2.24) is 9.78 Å². The molecule has 0 spiro atoms. The normalized spacial score (nSPS) is 25.1. The van der Waals surface area contributed by atoms with Gasteiger partial charge in [0.05, 0.1) is 22.0 Å². The first-order valence-corrected chi connectivity index (χ1v) is 6.94. The zero-order valence-corrected chi connectivity index (χ0v) is 11.8. The highest BCUT2D eigenvalue weighted by Gasteiger charge is 2.31. The Morgan fingerprint density at radius 3 is 2.89 bits per heavy atom. The molecule has 2 rings (SSSR count). The van der Waals surface area contributed by atoms with Crippen LogP contribution in [-0.2, 0) is 24.6 Å². The molecule has 1 aromatic rings. The number of ether oxygens (including phenoxy) is 1. The highest BCUT2D eigenvalue weighted by molar-refractivity contribution is 6.31. The molecule has 0 aromatic carbocycles. The molecule has 2 heterocycles. The van der Waals surface area contributed by atoms with Crippen molar-refractivity contribution in [2.45, 2.75) is 44.6 Å². The van der Waals surface area contributed by atoms with Crippen LogP contribution in [0.3, 0.4) is 0 Å². The highest BCUT2D eigenvalue weighted by atomic mass is 35.5. The van der Waals surface area contributed by atoms with Crippen LogP contribution in [-0.4, -0.2) is 33.7 Å². The number of nitrogens with zero attached hydrogens (tertiary/aromatic N) is 2. The molecule has 1 aliphatic rings. The van der Waals surface area contributed by atoms with Crippen LogP contribution in [0.2, 0.25) is 5.02 Å². The predicted molar refractivity (Wildman–Crippen MR) is 70.9 cm³/mol. The van der Waals surface area contributed by atoms with E-state index in [2.05, 4.69) is 5.10 Å². The molecule has 0 saturated carbocycles. The number of hydrogen-bond donors (Lipinski definition) is 1. The molecule has 1 aliphatic heterocycles. The van der Waals surface area contributed by atoms with Gasteiger partial charge >= 0.3 is 0 Å². The predicted octanol–water partition coefficient (Wildman–Crippen LogP) is 2.11. The smallest absolute Gasteiger partial charge is 0.0850 e. The monoisotopic (exact) mass is 272 g/mol. The van der Waals surface area contributed by atoms with Crippen molar-refractivity contribution < 1.29 is 9.84 Å². The van der Waals surface area contributed by atoms with Crippen molar-refractivity contribution in [3.05, 3.63) is 16.4 Å². The van der Waals surface area contributed by atoms with Crippen LogP contribution in [0.5, 0.6) is 0 Å². The van der Waals surface area contributed by atoms with E-state index in [0.29, 0.717) is 24.5 Å². The molecule has 1 fully saturated rings. The Hall–Kier alpha value is -0.580. The molecular formula is C13H21ClN2O2. The maximum atomic E-state index is 10.7. The summed E-state index contributed by atoms with van der Waals surface area (Å²) in [5.41, 5.74) is 1.12. The van der Waals surface area contributed by atoms with E-state index in [4.69, 9.17) is 16.3 Å². The van der Waals surface area contributed by atoms with Gasteiger partial charge in [-0.2, -0.15) is 5.10 Å². The maximum absolute atomic E-state index is 10.7. The van der Waals surface area contributed by atoms with Crippen molar-refractivity contribution in [2.75, 3.05) is 13.2 Å². The van der Waals surface area contributed by atoms with Gasteiger partial charge in [-0.1, -0.05) is 18.5 Å². The standard InChI is InChI=1S/C13H21ClN2O2/c1-3-10-12(14)11(16(2)15-10)9-13(17)5-4-7-18-8-6-13/h17H,3-9H2,1-2H3. The van der Waals surface area contributed by atoms with Crippen LogP contribution in [0.15, 0.2) is 0 Å². The van der Waals surface area contributed by atoms with Crippen molar-refractivity contribution in [1.29, 1.82) is 0 Å². The molecule has 0 amide bonds. The van der Waals surface area contributed by atoms with E-state index < -0.39 is 5.60 Å². The van der Waals surface area contributed by atoms with Crippen LogP contribution in [0.25, 0.3) is 0 Å². The van der Waals surface area contributed by atoms with Crippen molar-refractivity contribution >= 4 is 11.6 Å². The Balaban J connectivity index is 2.19. The summed E-state index contributed by atoms with van der Waals surface area (Å²) in [6, 6.07) is 0. The Morgan fingerprint density at radius 1 is 1.44 bits per heavy atom. The minimum Gasteiger partial charge on any atom is -0.389 e. The van der Waals surface area contributed by atoms with Gasteiger partial charge in [0.1, 0.15) is 0 Å². The second-order valence-electron chi connectivity index (χ2n) is 5.05. The van der Waals surface area contributed by atoms with E-state index in [-0.39, 0.29) is 0 Å². The average Bonchev–Trinajstić information content (AvgIpc) is 2.54. The molecule has 1 aromatic heterocycles. The molecule has 5 heteroatoms. The number of aromatic nitrogens is 2. The number of aliphatic hydroxyl groups is 1. The summed E-state index contributed by atoms with van der Waals surface area (Å²) in [5, 5.41) is 15.8. The first-order chi connectivity index (χ1) is 8.56. The molecule has 0 radical (unpaired) electrons. The van der Waals surface area contributed by atoms with Crippen LogP contribution >= 0.6 is 11.6 Å². The lowest BCUT2D eigenvalue weighted by Gasteiger charge is -2.26. The van der Waals surface area contributed by atoms with Crippen molar-refractivity contribution in [2.24, 2.45) is 7.05 Å². The second-order valence-corrected chi connectivity index (χ2v) is 5.43. The van der Waals surface area contributed by atoms with Gasteiger partial charge in [0.15, 0.2) is 0 Å². The molecule has 4 nitrogen and oxygen atoms in total. The Kier molecular flexibility index (Phi) is 4.30. The fourth-order valence-electron chi connectivity index (χ4n) is 2.49. The van der Waals surface area contributed by atoms with Gasteiger partial charge in [0.25, 0.3) is 0 Å². The van der Waals surface area contributed by atoms with Crippen molar-refractivity contribution in [3.63, 3.8) is 0 Å². The summed E-state index contributed by atoms with van der Waals surface area (Å²) in [4.78, 5) is 0. The summed E-state index contributed by atoms with van der Waals surface area (Å²) in [7, 11) is 1.89. The maximum Gasteiger partial charge on any atom is 0.0850 e. The van der Waals surface area contributed by atoms with Gasteiger partial charge in [-0.25, -0.2) is 0 Å². The lowest BCUT2D eigenvalue weighted by Crippen LogP contribution is -2.32. The van der Waals surface area contributed by atoms with Gasteiger partial charge in [0.2, 0.25) is 0 Å². The third kappa shape index (κ3) is 2.87. The Morgan fingerprint density at radius 2 is 2.22 bits per heavy atom. The molecule has 1 N–H and O–H groups in total. The fourth-order valence-corrected chi connectivity index (χ4v) is 2.85. The molecule has 18 heavy (non-hydrogen) atoms. The number of hydrogen-bond acceptors (Lipinski definition) is 3. The molecule has 0 bridgehead atoms. The van der Waals surface area contributed by atoms with Gasteiger partial charge in [-0.3, -0.25) is 4.68 Å². The lowest BCUT2D eigenvalue weighted by atomic mass is 9.89. The van der Waals surface area contributed by atoms with Crippen LogP contribution in [0, 0.1) is 0 Å². The summed E-state index contributed by atoms with van der Waals surface area (Å²) in [6.45, 7) is 3.39. The van der Waals surface area contributed by atoms with Gasteiger partial charge in [0, 0.05) is 26.7 Å². The van der Waals surface area contributed by atoms with E-state index in [1.807, 2.05) is 14.0 Å². The van der Waals surface area contributed by atoms with Crippen LogP contribution in [0.1, 0.15) is 37.6 Å². The third-order valence-electron chi connectivity index (χ3n) is 3.64. The molecule has 1 atom stereocenters. The fraction of sp³-hybridized carbons (Fsp3) is 0.769. The molecule has 1 unspecified atom stereocenters. The quantitative estimate of drug-likeness (QED) is 0.917. The second kappa shape index (κ2) is 5.59. The van der Waals surface area contributed by atoms with Crippen molar-refractivity contribution in [3.8, 4) is 0 Å². The third-order valence-corrected chi connectivity index (χ3v) is 4.08. The average molecular weight is 273 g/mol. The Labute approximate surface area is 113 Å². The topological polar surface area (TPSA) is 47.3 Å². The first-order valence-electron chi connectivity index (χ1n) is 6.56. The molecule has 102 valence electrons. The van der Waals surface area contributed by atoms with Gasteiger partial charge < -0.3 is 9.84 Å². The zero-order chi connectivity index (χ0) is 13.2. The van der Waals surface area contributed by atoms with E-state index in [0.717, 1.165) is 37.3 Å². The van der Waals surface area contributed by atoms with Gasteiger partial charge in [-0.05, 0) is 25.7 Å². The Bertz CT molecular complexity index is 409.